The first kappa shape index (κ1) is 18.9. The van der Waals surface area contributed by atoms with E-state index in [1.165, 1.54) is 5.56 Å². The topological polar surface area (TPSA) is 62.3 Å². The second-order valence-electron chi connectivity index (χ2n) is 6.50. The lowest BCUT2D eigenvalue weighted by Gasteiger charge is -2.20. The molecule has 6 heteroatoms. The second kappa shape index (κ2) is 8.22. The molecule has 0 aliphatic rings. The fourth-order valence-corrected chi connectivity index (χ4v) is 3.92. The minimum Gasteiger partial charge on any atom is -0.374 e. The van der Waals surface area contributed by atoms with Crippen LogP contribution in [0.4, 0.5) is 11.4 Å². The smallest absolute Gasteiger partial charge is 0.261 e. The Kier molecular flexibility index (Phi) is 5.76. The molecular formula is C21H23N3O2S. The van der Waals surface area contributed by atoms with Crippen LogP contribution in [-0.4, -0.2) is 27.0 Å². The zero-order chi connectivity index (χ0) is 19.3. The third kappa shape index (κ3) is 5.08. The predicted octanol–water partition coefficient (Wildman–Crippen LogP) is 3.87. The van der Waals surface area contributed by atoms with Gasteiger partial charge in [0.15, 0.2) is 0 Å². The molecule has 0 saturated carbocycles. The number of likely N-dealkylation sites (N-methyl/N-ethyl adjacent to an activating group) is 1. The van der Waals surface area contributed by atoms with E-state index in [1.807, 2.05) is 44.3 Å². The maximum atomic E-state index is 12.5. The number of nitrogens with one attached hydrogen (secondary N) is 1. The first-order valence-electron chi connectivity index (χ1n) is 8.74. The Balaban J connectivity index is 1.64. The maximum Gasteiger partial charge on any atom is 0.261 e. The summed E-state index contributed by atoms with van der Waals surface area (Å²) in [5.41, 5.74) is 3.72. The molecule has 0 aliphatic heterocycles. The molecule has 0 unspecified atom stereocenters. The summed E-state index contributed by atoms with van der Waals surface area (Å²) in [6.45, 7) is 2.73. The normalized spacial score (nSPS) is 11.2. The Morgan fingerprint density at radius 1 is 1.00 bits per heavy atom. The highest BCUT2D eigenvalue weighted by molar-refractivity contribution is 7.92. The summed E-state index contributed by atoms with van der Waals surface area (Å²) in [4.78, 5) is 6.43. The van der Waals surface area contributed by atoms with Crippen molar-refractivity contribution in [2.75, 3.05) is 23.2 Å². The van der Waals surface area contributed by atoms with Gasteiger partial charge in [-0.25, -0.2) is 8.42 Å². The van der Waals surface area contributed by atoms with Gasteiger partial charge in [0.1, 0.15) is 0 Å². The average Bonchev–Trinajstić information content (AvgIpc) is 2.67. The van der Waals surface area contributed by atoms with Gasteiger partial charge in [-0.2, -0.15) is 0 Å². The fraction of sp³-hybridized carbons (Fsp3) is 0.190. The monoisotopic (exact) mass is 381 g/mol. The summed E-state index contributed by atoms with van der Waals surface area (Å²) in [7, 11) is -1.56. The SMILES string of the molecule is Cc1cccc(S(=O)(=O)Nc2ccc(N(C)CCc3ccncc3)cc2)c1. The number of hydrogen-bond donors (Lipinski definition) is 1. The van der Waals surface area contributed by atoms with Gasteiger partial charge in [0, 0.05) is 37.4 Å². The van der Waals surface area contributed by atoms with Gasteiger partial charge in [-0.3, -0.25) is 9.71 Å². The molecule has 2 aromatic carbocycles. The Hall–Kier alpha value is -2.86. The third-order valence-electron chi connectivity index (χ3n) is 4.35. The highest BCUT2D eigenvalue weighted by Gasteiger charge is 2.14. The number of hydrogen-bond acceptors (Lipinski definition) is 4. The van der Waals surface area contributed by atoms with E-state index < -0.39 is 10.0 Å². The Labute approximate surface area is 160 Å². The van der Waals surface area contributed by atoms with Crippen LogP contribution in [0.5, 0.6) is 0 Å². The number of anilines is 2. The summed E-state index contributed by atoms with van der Waals surface area (Å²) in [6.07, 6.45) is 4.51. The van der Waals surface area contributed by atoms with Crippen LogP contribution >= 0.6 is 0 Å². The van der Waals surface area contributed by atoms with Gasteiger partial charge in [-0.1, -0.05) is 12.1 Å². The lowest BCUT2D eigenvalue weighted by atomic mass is 10.2. The standard InChI is InChI=1S/C21H23N3O2S/c1-17-4-3-5-21(16-17)27(25,26)23-19-6-8-20(9-7-19)24(2)15-12-18-10-13-22-14-11-18/h3-11,13-14,16,23H,12,15H2,1-2H3. The van der Waals surface area contributed by atoms with Crippen LogP contribution in [0.3, 0.4) is 0 Å². The molecule has 0 aliphatic carbocycles. The predicted molar refractivity (Wildman–Crippen MR) is 110 cm³/mol. The van der Waals surface area contributed by atoms with Gasteiger partial charge >= 0.3 is 0 Å². The van der Waals surface area contributed by atoms with Crippen molar-refractivity contribution in [3.8, 4) is 0 Å². The van der Waals surface area contributed by atoms with E-state index in [1.54, 1.807) is 42.7 Å². The molecule has 0 amide bonds. The lowest BCUT2D eigenvalue weighted by molar-refractivity contribution is 0.601. The Morgan fingerprint density at radius 2 is 1.70 bits per heavy atom. The van der Waals surface area contributed by atoms with Crippen LogP contribution in [0.2, 0.25) is 0 Å². The molecule has 27 heavy (non-hydrogen) atoms. The van der Waals surface area contributed by atoms with Crippen molar-refractivity contribution in [2.24, 2.45) is 0 Å². The Morgan fingerprint density at radius 3 is 2.37 bits per heavy atom. The number of aromatic nitrogens is 1. The highest BCUT2D eigenvalue weighted by atomic mass is 32.2. The van der Waals surface area contributed by atoms with Crippen molar-refractivity contribution in [3.05, 3.63) is 84.2 Å². The van der Waals surface area contributed by atoms with E-state index in [2.05, 4.69) is 14.6 Å². The molecule has 0 atom stereocenters. The molecule has 0 bridgehead atoms. The molecule has 0 saturated heterocycles. The largest absolute Gasteiger partial charge is 0.374 e. The first-order valence-corrected chi connectivity index (χ1v) is 10.2. The van der Waals surface area contributed by atoms with Crippen molar-refractivity contribution >= 4 is 21.4 Å². The molecule has 1 aromatic heterocycles. The molecule has 1 N–H and O–H groups in total. The fourth-order valence-electron chi connectivity index (χ4n) is 2.76. The van der Waals surface area contributed by atoms with Crippen molar-refractivity contribution in [1.82, 2.24) is 4.98 Å². The first-order chi connectivity index (χ1) is 12.9. The molecule has 0 spiro atoms. The quantitative estimate of drug-likeness (QED) is 0.675. The summed E-state index contributed by atoms with van der Waals surface area (Å²) >= 11 is 0. The van der Waals surface area contributed by atoms with E-state index >= 15 is 0 Å². The minimum absolute atomic E-state index is 0.265. The van der Waals surface area contributed by atoms with Crippen LogP contribution in [0.1, 0.15) is 11.1 Å². The summed E-state index contributed by atoms with van der Waals surface area (Å²) in [6, 6.07) is 18.3. The van der Waals surface area contributed by atoms with E-state index in [-0.39, 0.29) is 4.90 Å². The number of pyridine rings is 1. The highest BCUT2D eigenvalue weighted by Crippen LogP contribution is 2.21. The van der Waals surface area contributed by atoms with E-state index in [4.69, 9.17) is 0 Å². The number of benzene rings is 2. The van der Waals surface area contributed by atoms with Crippen molar-refractivity contribution < 1.29 is 8.42 Å². The maximum absolute atomic E-state index is 12.5. The zero-order valence-electron chi connectivity index (χ0n) is 15.5. The summed E-state index contributed by atoms with van der Waals surface area (Å²) in [5, 5.41) is 0. The molecular weight excluding hydrogens is 358 g/mol. The number of rotatable bonds is 7. The van der Waals surface area contributed by atoms with Gasteiger partial charge in [0.05, 0.1) is 4.90 Å². The molecule has 0 fully saturated rings. The van der Waals surface area contributed by atoms with Crippen LogP contribution in [0.15, 0.2) is 78.0 Å². The van der Waals surface area contributed by atoms with Crippen LogP contribution in [0, 0.1) is 6.92 Å². The van der Waals surface area contributed by atoms with E-state index in [0.717, 1.165) is 24.2 Å². The van der Waals surface area contributed by atoms with Gasteiger partial charge in [0.25, 0.3) is 10.0 Å². The second-order valence-corrected chi connectivity index (χ2v) is 8.18. The van der Waals surface area contributed by atoms with E-state index in [0.29, 0.717) is 5.69 Å². The van der Waals surface area contributed by atoms with E-state index in [9.17, 15) is 8.42 Å². The van der Waals surface area contributed by atoms with Crippen molar-refractivity contribution in [3.63, 3.8) is 0 Å². The zero-order valence-corrected chi connectivity index (χ0v) is 16.3. The molecule has 5 nitrogen and oxygen atoms in total. The van der Waals surface area contributed by atoms with Crippen LogP contribution in [0.25, 0.3) is 0 Å². The third-order valence-corrected chi connectivity index (χ3v) is 5.72. The summed E-state index contributed by atoms with van der Waals surface area (Å²) in [5.74, 6) is 0. The van der Waals surface area contributed by atoms with Crippen LogP contribution in [-0.2, 0) is 16.4 Å². The van der Waals surface area contributed by atoms with Crippen molar-refractivity contribution in [2.45, 2.75) is 18.2 Å². The van der Waals surface area contributed by atoms with Crippen molar-refractivity contribution in [1.29, 1.82) is 0 Å². The lowest BCUT2D eigenvalue weighted by Crippen LogP contribution is -2.20. The molecule has 140 valence electrons. The minimum atomic E-state index is -3.58. The number of aryl methyl sites for hydroxylation is 1. The molecule has 3 aromatic rings. The molecule has 0 radical (unpaired) electrons. The average molecular weight is 382 g/mol. The Bertz CT molecular complexity index is 987. The molecule has 3 rings (SSSR count). The number of sulfonamides is 1. The molecule has 1 heterocycles. The van der Waals surface area contributed by atoms with Gasteiger partial charge in [-0.15, -0.1) is 0 Å². The summed E-state index contributed by atoms with van der Waals surface area (Å²) < 4.78 is 27.6. The van der Waals surface area contributed by atoms with Crippen LogP contribution < -0.4 is 9.62 Å². The van der Waals surface area contributed by atoms with Gasteiger partial charge in [0.2, 0.25) is 0 Å². The van der Waals surface area contributed by atoms with Gasteiger partial charge in [-0.05, 0) is 73.0 Å². The number of nitrogens with zero attached hydrogens (tertiary/aromatic N) is 2. The van der Waals surface area contributed by atoms with Gasteiger partial charge < -0.3 is 4.90 Å².